The van der Waals surface area contributed by atoms with Crippen LogP contribution in [0.25, 0.3) is 0 Å². The fourth-order valence-electron chi connectivity index (χ4n) is 2.22. The van der Waals surface area contributed by atoms with Crippen LogP contribution in [0.3, 0.4) is 0 Å². The van der Waals surface area contributed by atoms with E-state index in [9.17, 15) is 0 Å². The van der Waals surface area contributed by atoms with Crippen LogP contribution in [0, 0.1) is 0 Å². The third kappa shape index (κ3) is 7.42. The molecule has 0 heterocycles. The molecule has 0 aromatic heterocycles. The first kappa shape index (κ1) is 24.5. The second kappa shape index (κ2) is 8.05. The molecule has 0 aliphatic carbocycles. The Morgan fingerprint density at radius 3 is 1.29 bits per heavy atom. The third-order valence-electron chi connectivity index (χ3n) is 5.79. The van der Waals surface area contributed by atoms with Crippen molar-refractivity contribution in [2.75, 3.05) is 20.6 Å². The van der Waals surface area contributed by atoms with Crippen molar-refractivity contribution in [3.8, 4) is 0 Å². The molecular formula is C18H45NO2Si3. The van der Waals surface area contributed by atoms with Gasteiger partial charge in [-0.1, -0.05) is 41.5 Å². The molecule has 0 fully saturated rings. The van der Waals surface area contributed by atoms with E-state index in [0.717, 1.165) is 19.0 Å². The average molecular weight is 392 g/mol. The summed E-state index contributed by atoms with van der Waals surface area (Å²) in [6.07, 6.45) is 1.15. The highest BCUT2D eigenvalue weighted by molar-refractivity contribution is 6.89. The molecule has 0 amide bonds. The molecule has 0 aromatic rings. The van der Waals surface area contributed by atoms with Crippen LogP contribution in [0.2, 0.25) is 48.9 Å². The van der Waals surface area contributed by atoms with Gasteiger partial charge in [-0.3, -0.25) is 0 Å². The van der Waals surface area contributed by atoms with E-state index < -0.39 is 25.2 Å². The van der Waals surface area contributed by atoms with Gasteiger partial charge in [0.1, 0.15) is 0 Å². The molecule has 0 rings (SSSR count). The number of nitrogens with zero attached hydrogens (tertiary/aromatic N) is 1. The van der Waals surface area contributed by atoms with Crippen molar-refractivity contribution in [3.63, 3.8) is 0 Å². The Bertz CT molecular complexity index is 368. The van der Waals surface area contributed by atoms with Crippen LogP contribution in [0.15, 0.2) is 0 Å². The quantitative estimate of drug-likeness (QED) is 0.470. The molecule has 24 heavy (non-hydrogen) atoms. The van der Waals surface area contributed by atoms with Crippen LogP contribution < -0.4 is 0 Å². The maximum absolute atomic E-state index is 6.97. The van der Waals surface area contributed by atoms with Crippen LogP contribution in [-0.4, -0.2) is 50.7 Å². The highest BCUT2D eigenvalue weighted by atomic mass is 28.5. The van der Waals surface area contributed by atoms with Gasteiger partial charge < -0.3 is 13.1 Å². The highest BCUT2D eigenvalue weighted by Crippen LogP contribution is 2.43. The van der Waals surface area contributed by atoms with Gasteiger partial charge in [-0.25, -0.2) is 0 Å². The fraction of sp³-hybridized carbons (Fsp3) is 1.00. The molecule has 0 saturated heterocycles. The Kier molecular flexibility index (Phi) is 8.22. The Morgan fingerprint density at radius 2 is 1.04 bits per heavy atom. The van der Waals surface area contributed by atoms with Crippen molar-refractivity contribution in [1.82, 2.24) is 4.90 Å². The summed E-state index contributed by atoms with van der Waals surface area (Å²) >= 11 is 0. The van der Waals surface area contributed by atoms with E-state index in [1.807, 2.05) is 0 Å². The predicted molar refractivity (Wildman–Crippen MR) is 116 cm³/mol. The molecule has 0 bridgehead atoms. The first-order chi connectivity index (χ1) is 10.3. The molecule has 6 heteroatoms. The van der Waals surface area contributed by atoms with Gasteiger partial charge in [0.05, 0.1) is 0 Å². The third-order valence-corrected chi connectivity index (χ3v) is 21.8. The van der Waals surface area contributed by atoms with E-state index in [4.69, 9.17) is 8.23 Å². The molecular weight excluding hydrogens is 346 g/mol. The van der Waals surface area contributed by atoms with Gasteiger partial charge in [0.2, 0.25) is 0 Å². The molecule has 0 spiro atoms. The van der Waals surface area contributed by atoms with E-state index in [2.05, 4.69) is 93.3 Å². The van der Waals surface area contributed by atoms with Gasteiger partial charge in [-0.2, -0.15) is 0 Å². The molecule has 0 radical (unpaired) electrons. The largest absolute Gasteiger partial charge is 0.436 e. The lowest BCUT2D eigenvalue weighted by atomic mass is 10.2. The summed E-state index contributed by atoms with van der Waals surface area (Å²) in [5.41, 5.74) is 0. The van der Waals surface area contributed by atoms with Gasteiger partial charge >= 0.3 is 8.56 Å². The summed E-state index contributed by atoms with van der Waals surface area (Å²) in [5, 5.41) is 0.444. The van der Waals surface area contributed by atoms with Crippen molar-refractivity contribution in [3.05, 3.63) is 0 Å². The molecule has 0 aromatic carbocycles. The van der Waals surface area contributed by atoms with Crippen LogP contribution in [0.4, 0.5) is 0 Å². The molecule has 0 atom stereocenters. The summed E-state index contributed by atoms with van der Waals surface area (Å²) in [6.45, 7) is 26.8. The molecule has 0 aliphatic rings. The minimum atomic E-state index is -2.21. The second-order valence-corrected chi connectivity index (χ2v) is 24.2. The van der Waals surface area contributed by atoms with Gasteiger partial charge in [0.25, 0.3) is 0 Å². The van der Waals surface area contributed by atoms with Crippen LogP contribution in [-0.2, 0) is 8.23 Å². The minimum absolute atomic E-state index is 0.222. The second-order valence-electron chi connectivity index (χ2n) is 10.8. The predicted octanol–water partition coefficient (Wildman–Crippen LogP) is 6.05. The first-order valence-electron chi connectivity index (χ1n) is 9.38. The number of hydrogen-bond donors (Lipinski definition) is 0. The van der Waals surface area contributed by atoms with Gasteiger partial charge in [-0.15, -0.1) is 0 Å². The average Bonchev–Trinajstić information content (AvgIpc) is 2.22. The maximum Gasteiger partial charge on any atom is 0.314 e. The first-order valence-corrected chi connectivity index (χ1v) is 17.7. The summed E-state index contributed by atoms with van der Waals surface area (Å²) in [4.78, 5) is 2.26. The summed E-state index contributed by atoms with van der Waals surface area (Å²) in [7, 11) is -1.59. The molecule has 0 unspecified atom stereocenters. The lowest BCUT2D eigenvalue weighted by molar-refractivity contribution is 0.339. The van der Waals surface area contributed by atoms with Crippen LogP contribution >= 0.6 is 0 Å². The lowest BCUT2D eigenvalue weighted by Gasteiger charge is -2.48. The van der Waals surface area contributed by atoms with E-state index in [1.165, 1.54) is 0 Å². The standard InChI is InChI=1S/C18H45NO2Si3/c1-17(2,3)22(9,10)20-24(13,16-14-15-19(7)8)21-23(11,12)18(4,5)6/h14-16H2,1-13H3. The van der Waals surface area contributed by atoms with Crippen molar-refractivity contribution < 1.29 is 8.23 Å². The SMILES string of the molecule is CN(C)CCC[Si](C)(O[Si](C)(C)C(C)(C)C)O[Si](C)(C)C(C)(C)C. The Morgan fingerprint density at radius 1 is 0.708 bits per heavy atom. The zero-order valence-electron chi connectivity index (χ0n) is 18.9. The van der Waals surface area contributed by atoms with Crippen molar-refractivity contribution >= 4 is 25.2 Å². The minimum Gasteiger partial charge on any atom is -0.436 e. The smallest absolute Gasteiger partial charge is 0.314 e. The fourth-order valence-corrected chi connectivity index (χ4v) is 15.5. The highest BCUT2D eigenvalue weighted by Gasteiger charge is 2.49. The maximum atomic E-state index is 6.97. The van der Waals surface area contributed by atoms with Crippen LogP contribution in [0.5, 0.6) is 0 Å². The van der Waals surface area contributed by atoms with Crippen molar-refractivity contribution in [1.29, 1.82) is 0 Å². The van der Waals surface area contributed by atoms with Gasteiger partial charge in [0, 0.05) is 0 Å². The molecule has 0 aliphatic heterocycles. The molecule has 0 saturated carbocycles. The Hall–Kier alpha value is 0.531. The van der Waals surface area contributed by atoms with Crippen LogP contribution in [0.1, 0.15) is 48.0 Å². The summed E-state index contributed by atoms with van der Waals surface area (Å²) < 4.78 is 13.9. The van der Waals surface area contributed by atoms with Gasteiger partial charge in [-0.05, 0) is 75.9 Å². The number of hydrogen-bond acceptors (Lipinski definition) is 3. The van der Waals surface area contributed by atoms with E-state index in [0.29, 0.717) is 0 Å². The topological polar surface area (TPSA) is 21.7 Å². The summed E-state index contributed by atoms with van der Waals surface area (Å²) in [6, 6.07) is 1.09. The van der Waals surface area contributed by atoms with Crippen molar-refractivity contribution in [2.24, 2.45) is 0 Å². The number of rotatable bonds is 8. The molecule has 0 N–H and O–H groups in total. The van der Waals surface area contributed by atoms with E-state index in [-0.39, 0.29) is 10.1 Å². The Balaban J connectivity index is 5.45. The van der Waals surface area contributed by atoms with E-state index in [1.54, 1.807) is 0 Å². The van der Waals surface area contributed by atoms with Crippen molar-refractivity contribution in [2.45, 2.75) is 96.8 Å². The molecule has 146 valence electrons. The monoisotopic (exact) mass is 391 g/mol. The summed E-state index contributed by atoms with van der Waals surface area (Å²) in [5.74, 6) is 0. The zero-order valence-corrected chi connectivity index (χ0v) is 21.9. The zero-order chi connectivity index (χ0) is 19.6. The Labute approximate surface area is 156 Å². The molecule has 3 nitrogen and oxygen atoms in total. The van der Waals surface area contributed by atoms with E-state index >= 15 is 0 Å². The van der Waals surface area contributed by atoms with Gasteiger partial charge in [0.15, 0.2) is 16.6 Å². The normalized spacial score (nSPS) is 15.2. The lowest BCUT2D eigenvalue weighted by Crippen LogP contribution is -2.58.